The lowest BCUT2D eigenvalue weighted by atomic mass is 9.73. The van der Waals surface area contributed by atoms with Crippen LogP contribution in [0.3, 0.4) is 0 Å². The lowest BCUT2D eigenvalue weighted by Gasteiger charge is -2.37. The van der Waals surface area contributed by atoms with Gasteiger partial charge in [0.05, 0.1) is 0 Å². The van der Waals surface area contributed by atoms with E-state index < -0.39 is 0 Å². The molecule has 0 bridgehead atoms. The highest BCUT2D eigenvalue weighted by Gasteiger charge is 2.30. The fourth-order valence-electron chi connectivity index (χ4n) is 6.01. The van der Waals surface area contributed by atoms with Crippen LogP contribution in [0.2, 0.25) is 18.1 Å². The summed E-state index contributed by atoms with van der Waals surface area (Å²) in [6.45, 7) is 4.63. The molecule has 1 saturated heterocycles. The molecule has 1 aliphatic heterocycles. The van der Waals surface area contributed by atoms with Crippen LogP contribution in [-0.2, 0) is 12.8 Å². The number of aryl methyl sites for hydroxylation is 2. The molecule has 1 heteroatoms. The summed E-state index contributed by atoms with van der Waals surface area (Å²) in [6.07, 6.45) is 17.7. The van der Waals surface area contributed by atoms with E-state index in [9.17, 15) is 0 Å². The minimum Gasteiger partial charge on any atom is -0.0657 e. The Morgan fingerprint density at radius 2 is 1.41 bits per heavy atom. The van der Waals surface area contributed by atoms with Crippen molar-refractivity contribution in [3.63, 3.8) is 0 Å². The van der Waals surface area contributed by atoms with Gasteiger partial charge in [-0.2, -0.15) is 0 Å². The first kappa shape index (κ1) is 21.2. The average molecular weight is 385 g/mol. The minimum absolute atomic E-state index is 0.282. The summed E-state index contributed by atoms with van der Waals surface area (Å²) in [5, 5.41) is 0. The summed E-state index contributed by atoms with van der Waals surface area (Å²) in [6, 6.07) is 14.3. The van der Waals surface area contributed by atoms with Crippen LogP contribution in [0.1, 0.15) is 89.2 Å². The van der Waals surface area contributed by atoms with E-state index in [1.165, 1.54) is 43.2 Å². The number of hydrogen-bond donors (Lipinski definition) is 0. The number of benzene rings is 1. The van der Waals surface area contributed by atoms with Gasteiger partial charge in [0.1, 0.15) is 0 Å². The van der Waals surface area contributed by atoms with E-state index in [-0.39, 0.29) is 8.80 Å². The van der Waals surface area contributed by atoms with Gasteiger partial charge in [-0.1, -0.05) is 101 Å². The summed E-state index contributed by atoms with van der Waals surface area (Å²) in [4.78, 5) is 0. The molecule has 1 saturated carbocycles. The first-order valence-corrected chi connectivity index (χ1v) is 14.8. The fraction of sp³-hybridized carbons (Fsp3) is 0.769. The average Bonchev–Trinajstić information content (AvgIpc) is 2.73. The molecular formula is C26H44Si. The van der Waals surface area contributed by atoms with Gasteiger partial charge in [-0.3, -0.25) is 0 Å². The van der Waals surface area contributed by atoms with Crippen molar-refractivity contribution in [2.75, 3.05) is 0 Å². The highest BCUT2D eigenvalue weighted by Crippen LogP contribution is 2.41. The molecule has 152 valence electrons. The molecule has 27 heavy (non-hydrogen) atoms. The molecular weight excluding hydrogens is 340 g/mol. The van der Waals surface area contributed by atoms with Crippen LogP contribution < -0.4 is 0 Å². The second-order valence-electron chi connectivity index (χ2n) is 9.77. The predicted molar refractivity (Wildman–Crippen MR) is 123 cm³/mol. The van der Waals surface area contributed by atoms with Crippen LogP contribution in [0.25, 0.3) is 0 Å². The van der Waals surface area contributed by atoms with Crippen LogP contribution in [0.15, 0.2) is 24.3 Å². The molecule has 1 aromatic rings. The molecule has 0 N–H and O–H groups in total. The van der Waals surface area contributed by atoms with Gasteiger partial charge < -0.3 is 0 Å². The molecule has 0 amide bonds. The summed E-state index contributed by atoms with van der Waals surface area (Å²) in [7, 11) is -0.282. The lowest BCUT2D eigenvalue weighted by molar-refractivity contribution is 0.184. The third kappa shape index (κ3) is 6.77. The van der Waals surface area contributed by atoms with Crippen molar-refractivity contribution in [3.8, 4) is 0 Å². The maximum atomic E-state index is 2.39. The second kappa shape index (κ2) is 11.4. The van der Waals surface area contributed by atoms with Gasteiger partial charge in [-0.15, -0.1) is 0 Å². The topological polar surface area (TPSA) is 0 Å². The largest absolute Gasteiger partial charge is 0.0657 e. The molecule has 1 heterocycles. The Labute approximate surface area is 171 Å². The van der Waals surface area contributed by atoms with E-state index in [1.54, 1.807) is 56.7 Å². The van der Waals surface area contributed by atoms with Gasteiger partial charge in [0.15, 0.2) is 0 Å². The molecule has 0 aromatic heterocycles. The van der Waals surface area contributed by atoms with E-state index in [0.717, 1.165) is 24.2 Å². The second-order valence-corrected chi connectivity index (χ2v) is 13.2. The Balaban J connectivity index is 1.27. The fourth-order valence-corrected chi connectivity index (χ4v) is 9.49. The highest BCUT2D eigenvalue weighted by atomic mass is 28.3. The van der Waals surface area contributed by atoms with E-state index in [0.29, 0.717) is 0 Å². The van der Waals surface area contributed by atoms with E-state index >= 15 is 0 Å². The minimum atomic E-state index is -0.282. The summed E-state index contributed by atoms with van der Waals surface area (Å²) in [5.74, 6) is 3.28. The summed E-state index contributed by atoms with van der Waals surface area (Å²) >= 11 is 0. The van der Waals surface area contributed by atoms with Gasteiger partial charge in [0.2, 0.25) is 0 Å². The van der Waals surface area contributed by atoms with Crippen molar-refractivity contribution in [1.29, 1.82) is 0 Å². The summed E-state index contributed by atoms with van der Waals surface area (Å²) in [5.41, 5.74) is 3.01. The van der Waals surface area contributed by atoms with E-state index in [4.69, 9.17) is 0 Å². The van der Waals surface area contributed by atoms with Crippen LogP contribution in [0.5, 0.6) is 0 Å². The van der Waals surface area contributed by atoms with Gasteiger partial charge in [-0.25, -0.2) is 0 Å². The molecule has 2 fully saturated rings. The number of unbranched alkanes of at least 4 members (excludes halogenated alkanes) is 1. The van der Waals surface area contributed by atoms with E-state index in [1.807, 2.05) is 0 Å². The SMILES string of the molecule is CCC[SiH]1CCC([C@H]2CC[C@H](CCCCc3ccc(CC)cc3)CC2)CC1. The smallest absolute Gasteiger partial charge is 0.0367 e. The van der Waals surface area contributed by atoms with Crippen LogP contribution in [-0.4, -0.2) is 8.80 Å². The highest BCUT2D eigenvalue weighted by molar-refractivity contribution is 6.58. The molecule has 0 nitrogen and oxygen atoms in total. The molecule has 0 atom stereocenters. The van der Waals surface area contributed by atoms with Crippen molar-refractivity contribution in [1.82, 2.24) is 0 Å². The monoisotopic (exact) mass is 384 g/mol. The standard InChI is InChI=1S/C26H44Si/c1-3-19-27-20-17-26(18-21-27)25-15-13-24(14-16-25)8-6-5-7-23-11-9-22(4-2)10-12-23/h9-12,24-27H,3-8,13-21H2,1-2H3/t24-,25-,26?,27?. The third-order valence-electron chi connectivity index (χ3n) is 7.91. The van der Waals surface area contributed by atoms with Gasteiger partial charge in [-0.05, 0) is 61.0 Å². The quantitative estimate of drug-likeness (QED) is 0.301. The van der Waals surface area contributed by atoms with Crippen molar-refractivity contribution in [3.05, 3.63) is 35.4 Å². The normalized spacial score (nSPS) is 29.0. The molecule has 2 aliphatic rings. The molecule has 0 radical (unpaired) electrons. The predicted octanol–water partition coefficient (Wildman–Crippen LogP) is 7.82. The lowest BCUT2D eigenvalue weighted by Crippen LogP contribution is -2.28. The maximum absolute atomic E-state index is 2.39. The Morgan fingerprint density at radius 1 is 0.778 bits per heavy atom. The first-order valence-electron chi connectivity index (χ1n) is 12.4. The van der Waals surface area contributed by atoms with Crippen LogP contribution in [0, 0.1) is 17.8 Å². The zero-order valence-corrected chi connectivity index (χ0v) is 19.4. The third-order valence-corrected chi connectivity index (χ3v) is 11.6. The molecule has 0 unspecified atom stereocenters. The Bertz CT molecular complexity index is 504. The molecule has 1 aliphatic carbocycles. The maximum Gasteiger partial charge on any atom is 0.0367 e. The Kier molecular flexibility index (Phi) is 8.96. The van der Waals surface area contributed by atoms with Crippen molar-refractivity contribution in [2.45, 2.75) is 109 Å². The number of rotatable bonds is 9. The van der Waals surface area contributed by atoms with Gasteiger partial charge in [0.25, 0.3) is 0 Å². The molecule has 0 spiro atoms. The Morgan fingerprint density at radius 3 is 2.04 bits per heavy atom. The summed E-state index contributed by atoms with van der Waals surface area (Å²) < 4.78 is 0. The van der Waals surface area contributed by atoms with Gasteiger partial charge >= 0.3 is 0 Å². The molecule has 1 aromatic carbocycles. The van der Waals surface area contributed by atoms with Crippen LogP contribution in [0.4, 0.5) is 0 Å². The Hall–Kier alpha value is -0.563. The van der Waals surface area contributed by atoms with Crippen molar-refractivity contribution >= 4 is 8.80 Å². The number of hydrogen-bond acceptors (Lipinski definition) is 0. The molecule has 3 rings (SSSR count). The van der Waals surface area contributed by atoms with Crippen molar-refractivity contribution < 1.29 is 0 Å². The zero-order chi connectivity index (χ0) is 18.9. The zero-order valence-electron chi connectivity index (χ0n) is 18.2. The van der Waals surface area contributed by atoms with Crippen LogP contribution >= 0.6 is 0 Å². The van der Waals surface area contributed by atoms with E-state index in [2.05, 4.69) is 38.1 Å². The van der Waals surface area contributed by atoms with Crippen molar-refractivity contribution in [2.24, 2.45) is 17.8 Å². The first-order chi connectivity index (χ1) is 13.3. The van der Waals surface area contributed by atoms with Gasteiger partial charge in [0, 0.05) is 8.80 Å².